The molecule has 0 aliphatic carbocycles. The summed E-state index contributed by atoms with van der Waals surface area (Å²) in [6, 6.07) is 9.69. The smallest absolute Gasteiger partial charge is 0.295 e. The maximum atomic E-state index is 11.2. The van der Waals surface area contributed by atoms with Gasteiger partial charge >= 0.3 is 0 Å². The lowest BCUT2D eigenvalue weighted by Gasteiger charge is -2.06. The van der Waals surface area contributed by atoms with E-state index in [2.05, 4.69) is 4.98 Å². The molecule has 0 aliphatic heterocycles. The Bertz CT molecular complexity index is 819. The van der Waals surface area contributed by atoms with Crippen LogP contribution in [0.1, 0.15) is 0 Å². The Morgan fingerprint density at radius 1 is 1.16 bits per heavy atom. The van der Waals surface area contributed by atoms with Crippen LogP contribution in [0, 0.1) is 10.1 Å². The van der Waals surface area contributed by atoms with Gasteiger partial charge in [0.1, 0.15) is 5.69 Å². The van der Waals surface area contributed by atoms with Crippen LogP contribution in [0.3, 0.4) is 0 Å². The molecule has 0 radical (unpaired) electrons. The van der Waals surface area contributed by atoms with Crippen molar-refractivity contribution in [2.75, 3.05) is 0 Å². The predicted octanol–water partition coefficient (Wildman–Crippen LogP) is 2.23. The first kappa shape index (κ1) is 11.2. The van der Waals surface area contributed by atoms with E-state index in [0.29, 0.717) is 11.2 Å². The van der Waals surface area contributed by atoms with Crippen molar-refractivity contribution in [3.05, 3.63) is 69.3 Å². The Hall–Kier alpha value is -2.89. The first-order chi connectivity index (χ1) is 9.15. The van der Waals surface area contributed by atoms with Crippen LogP contribution in [0.5, 0.6) is 0 Å². The lowest BCUT2D eigenvalue weighted by Crippen LogP contribution is -2.04. The van der Waals surface area contributed by atoms with E-state index in [4.69, 9.17) is 0 Å². The monoisotopic (exact) mass is 255 g/mol. The number of fused-ring (bicyclic) bond motifs is 1. The molecule has 19 heavy (non-hydrogen) atoms. The summed E-state index contributed by atoms with van der Waals surface area (Å²) in [6.07, 6.45) is 3.47. The van der Waals surface area contributed by atoms with Crippen LogP contribution in [0.4, 0.5) is 5.69 Å². The summed E-state index contributed by atoms with van der Waals surface area (Å²) in [5, 5.41) is 11.9. The highest BCUT2D eigenvalue weighted by atomic mass is 16.6. The summed E-state index contributed by atoms with van der Waals surface area (Å²) in [7, 11) is 0. The summed E-state index contributed by atoms with van der Waals surface area (Å²) >= 11 is 0. The number of nitrogens with zero attached hydrogens (tertiary/aromatic N) is 2. The molecule has 6 heteroatoms. The molecule has 1 aromatic carbocycles. The van der Waals surface area contributed by atoms with Gasteiger partial charge in [0.25, 0.3) is 5.69 Å². The zero-order chi connectivity index (χ0) is 13.4. The average Bonchev–Trinajstić information content (AvgIpc) is 2.90. The third kappa shape index (κ3) is 1.89. The molecule has 94 valence electrons. The third-order valence-electron chi connectivity index (χ3n) is 2.90. The number of hydrogen-bond donors (Lipinski definition) is 1. The molecular weight excluding hydrogens is 246 g/mol. The molecule has 2 heterocycles. The molecule has 3 rings (SSSR count). The van der Waals surface area contributed by atoms with E-state index in [-0.39, 0.29) is 11.2 Å². The average molecular weight is 255 g/mol. The molecule has 0 unspecified atom stereocenters. The van der Waals surface area contributed by atoms with Gasteiger partial charge in [0.2, 0.25) is 5.56 Å². The van der Waals surface area contributed by atoms with Crippen molar-refractivity contribution < 1.29 is 4.92 Å². The Morgan fingerprint density at radius 2 is 1.89 bits per heavy atom. The Balaban J connectivity index is 2.37. The molecule has 2 aromatic heterocycles. The molecule has 0 spiro atoms. The molecule has 0 fully saturated rings. The Morgan fingerprint density at radius 3 is 2.58 bits per heavy atom. The molecule has 1 N–H and O–H groups in total. The van der Waals surface area contributed by atoms with E-state index >= 15 is 0 Å². The summed E-state index contributed by atoms with van der Waals surface area (Å²) in [5.74, 6) is 0. The van der Waals surface area contributed by atoms with Crippen molar-refractivity contribution in [1.82, 2.24) is 9.55 Å². The molecule has 3 aromatic rings. The van der Waals surface area contributed by atoms with Crippen LogP contribution in [-0.2, 0) is 0 Å². The van der Waals surface area contributed by atoms with Crippen molar-refractivity contribution in [3.63, 3.8) is 0 Å². The van der Waals surface area contributed by atoms with Gasteiger partial charge in [-0.3, -0.25) is 14.9 Å². The van der Waals surface area contributed by atoms with Crippen LogP contribution in [0.25, 0.3) is 16.6 Å². The number of nitro benzene ring substituents is 1. The van der Waals surface area contributed by atoms with E-state index in [1.54, 1.807) is 41.2 Å². The second-order valence-corrected chi connectivity index (χ2v) is 4.10. The number of nitro groups is 1. The standard InChI is InChI=1S/C13H9N3O3/c17-13-4-3-9-7-11(15-5-1-2-6-15)12(16(18)19)8-10(9)14-13/h1-8H,(H,14,17). The number of aromatic amines is 1. The van der Waals surface area contributed by atoms with E-state index in [9.17, 15) is 14.9 Å². The second-order valence-electron chi connectivity index (χ2n) is 4.10. The molecule has 6 nitrogen and oxygen atoms in total. The van der Waals surface area contributed by atoms with Gasteiger partial charge in [0, 0.05) is 29.9 Å². The number of nitrogens with one attached hydrogen (secondary N) is 1. The van der Waals surface area contributed by atoms with Gasteiger partial charge in [-0.2, -0.15) is 0 Å². The summed E-state index contributed by atoms with van der Waals surface area (Å²) < 4.78 is 1.67. The lowest BCUT2D eigenvalue weighted by molar-refractivity contribution is -0.384. The summed E-state index contributed by atoms with van der Waals surface area (Å²) in [4.78, 5) is 24.5. The maximum Gasteiger partial charge on any atom is 0.295 e. The number of rotatable bonds is 2. The molecular formula is C13H9N3O3. The van der Waals surface area contributed by atoms with Crippen molar-refractivity contribution in [2.45, 2.75) is 0 Å². The molecule has 0 saturated heterocycles. The van der Waals surface area contributed by atoms with Crippen LogP contribution >= 0.6 is 0 Å². The topological polar surface area (TPSA) is 80.9 Å². The fourth-order valence-electron chi connectivity index (χ4n) is 2.03. The number of benzene rings is 1. The largest absolute Gasteiger partial charge is 0.322 e. The highest BCUT2D eigenvalue weighted by Gasteiger charge is 2.16. The van der Waals surface area contributed by atoms with Gasteiger partial charge in [0.15, 0.2) is 0 Å². The van der Waals surface area contributed by atoms with Gasteiger partial charge in [-0.05, 0) is 24.3 Å². The minimum Gasteiger partial charge on any atom is -0.322 e. The molecule has 0 aliphatic rings. The fraction of sp³-hybridized carbons (Fsp3) is 0. The number of aromatic nitrogens is 2. The van der Waals surface area contributed by atoms with Crippen molar-refractivity contribution in [3.8, 4) is 5.69 Å². The first-order valence-corrected chi connectivity index (χ1v) is 5.60. The minimum absolute atomic E-state index is 0.0504. The highest BCUT2D eigenvalue weighted by molar-refractivity contribution is 5.84. The van der Waals surface area contributed by atoms with Crippen LogP contribution < -0.4 is 5.56 Å². The third-order valence-corrected chi connectivity index (χ3v) is 2.90. The fourth-order valence-corrected chi connectivity index (χ4v) is 2.03. The Kier molecular flexibility index (Phi) is 2.42. The molecule has 0 atom stereocenters. The van der Waals surface area contributed by atoms with Crippen molar-refractivity contribution in [2.24, 2.45) is 0 Å². The van der Waals surface area contributed by atoms with Crippen LogP contribution in [0.15, 0.2) is 53.6 Å². The van der Waals surface area contributed by atoms with Gasteiger partial charge in [-0.25, -0.2) is 0 Å². The molecule has 0 amide bonds. The minimum atomic E-state index is -0.458. The Labute approximate surface area is 107 Å². The van der Waals surface area contributed by atoms with Gasteiger partial charge < -0.3 is 9.55 Å². The normalized spacial score (nSPS) is 10.7. The molecule has 0 bridgehead atoms. The van der Waals surface area contributed by atoms with E-state index in [1.807, 2.05) is 0 Å². The van der Waals surface area contributed by atoms with E-state index in [0.717, 1.165) is 5.39 Å². The SMILES string of the molecule is O=c1ccc2cc(-n3cccc3)c([N+](=O)[O-])cc2[nH]1. The highest BCUT2D eigenvalue weighted by Crippen LogP contribution is 2.27. The van der Waals surface area contributed by atoms with Crippen LogP contribution in [0.2, 0.25) is 0 Å². The van der Waals surface area contributed by atoms with Crippen molar-refractivity contribution in [1.29, 1.82) is 0 Å². The van der Waals surface area contributed by atoms with E-state index in [1.165, 1.54) is 12.1 Å². The number of pyridine rings is 1. The summed E-state index contributed by atoms with van der Waals surface area (Å²) in [6.45, 7) is 0. The number of H-pyrrole nitrogens is 1. The zero-order valence-electron chi connectivity index (χ0n) is 9.74. The van der Waals surface area contributed by atoms with Gasteiger partial charge in [-0.1, -0.05) is 0 Å². The van der Waals surface area contributed by atoms with Crippen LogP contribution in [-0.4, -0.2) is 14.5 Å². The zero-order valence-corrected chi connectivity index (χ0v) is 9.74. The van der Waals surface area contributed by atoms with E-state index < -0.39 is 4.92 Å². The maximum absolute atomic E-state index is 11.2. The quantitative estimate of drug-likeness (QED) is 0.563. The number of hydrogen-bond acceptors (Lipinski definition) is 3. The van der Waals surface area contributed by atoms with Gasteiger partial charge in [0.05, 0.1) is 10.4 Å². The molecule has 0 saturated carbocycles. The summed E-state index contributed by atoms with van der Waals surface area (Å²) in [5.41, 5.74) is 0.589. The van der Waals surface area contributed by atoms with Crippen molar-refractivity contribution >= 4 is 16.6 Å². The van der Waals surface area contributed by atoms with Gasteiger partial charge in [-0.15, -0.1) is 0 Å². The lowest BCUT2D eigenvalue weighted by atomic mass is 10.1. The predicted molar refractivity (Wildman–Crippen MR) is 70.6 cm³/mol. The first-order valence-electron chi connectivity index (χ1n) is 5.60. The second kappa shape index (κ2) is 4.09.